The maximum atomic E-state index is 12.4. The molecule has 1 amide bonds. The topological polar surface area (TPSA) is 49.3 Å². The first-order chi connectivity index (χ1) is 10.7. The lowest BCUT2D eigenvalue weighted by molar-refractivity contribution is -0.131. The Morgan fingerprint density at radius 2 is 2.00 bits per heavy atom. The second-order valence-corrected chi connectivity index (χ2v) is 6.53. The monoisotopic (exact) mass is 302 g/mol. The van der Waals surface area contributed by atoms with E-state index in [1.54, 1.807) is 0 Å². The second kappa shape index (κ2) is 6.63. The van der Waals surface area contributed by atoms with E-state index in [-0.39, 0.29) is 5.91 Å². The molecule has 0 bridgehead atoms. The van der Waals surface area contributed by atoms with Gasteiger partial charge in [0.2, 0.25) is 5.91 Å². The Morgan fingerprint density at radius 3 is 2.68 bits per heavy atom. The number of nitrogens with zero attached hydrogens (tertiary/aromatic N) is 4. The molecule has 5 nitrogen and oxygen atoms in total. The van der Waals surface area contributed by atoms with Gasteiger partial charge in [-0.2, -0.15) is 0 Å². The third-order valence-corrected chi connectivity index (χ3v) is 4.84. The van der Waals surface area contributed by atoms with Crippen LogP contribution in [0.2, 0.25) is 0 Å². The van der Waals surface area contributed by atoms with E-state index in [2.05, 4.69) is 26.7 Å². The molecule has 3 rings (SSSR count). The highest BCUT2D eigenvalue weighted by Crippen LogP contribution is 2.26. The largest absolute Gasteiger partial charge is 0.345 e. The minimum absolute atomic E-state index is 0.243. The van der Waals surface area contributed by atoms with E-state index in [1.807, 2.05) is 13.0 Å². The Kier molecular flexibility index (Phi) is 4.60. The van der Waals surface area contributed by atoms with Gasteiger partial charge in [0.15, 0.2) is 0 Å². The van der Waals surface area contributed by atoms with E-state index < -0.39 is 0 Å². The number of anilines is 1. The standard InChI is InChI=1S/C17H26N4O/c1-3-15-10-16(19-13(2)18-15)20-8-9-21(17(22)12-20)11-14-6-4-5-7-14/h10,14H,3-9,11-12H2,1-2H3. The quantitative estimate of drug-likeness (QED) is 0.855. The highest BCUT2D eigenvalue weighted by atomic mass is 16.2. The van der Waals surface area contributed by atoms with Crippen molar-refractivity contribution in [2.75, 3.05) is 31.1 Å². The highest BCUT2D eigenvalue weighted by Gasteiger charge is 2.28. The summed E-state index contributed by atoms with van der Waals surface area (Å²) in [6.45, 7) is 7.11. The lowest BCUT2D eigenvalue weighted by Crippen LogP contribution is -2.51. The average Bonchev–Trinajstić information content (AvgIpc) is 3.01. The SMILES string of the molecule is CCc1cc(N2CCN(CC3CCCC3)C(=O)C2)nc(C)n1. The van der Waals surface area contributed by atoms with Gasteiger partial charge in [-0.15, -0.1) is 0 Å². The molecule has 1 aromatic heterocycles. The van der Waals surface area contributed by atoms with Gasteiger partial charge in [-0.3, -0.25) is 4.79 Å². The number of hydrogen-bond donors (Lipinski definition) is 0. The first kappa shape index (κ1) is 15.3. The minimum atomic E-state index is 0.243. The van der Waals surface area contributed by atoms with Gasteiger partial charge in [-0.25, -0.2) is 9.97 Å². The van der Waals surface area contributed by atoms with Crippen LogP contribution in [0.3, 0.4) is 0 Å². The maximum Gasteiger partial charge on any atom is 0.242 e. The molecular weight excluding hydrogens is 276 g/mol. The van der Waals surface area contributed by atoms with E-state index >= 15 is 0 Å². The number of hydrogen-bond acceptors (Lipinski definition) is 4. The number of amides is 1. The summed E-state index contributed by atoms with van der Waals surface area (Å²) in [5.74, 6) is 2.66. The second-order valence-electron chi connectivity index (χ2n) is 6.53. The lowest BCUT2D eigenvalue weighted by Gasteiger charge is -2.36. The molecule has 2 aliphatic rings. The van der Waals surface area contributed by atoms with Crippen LogP contribution >= 0.6 is 0 Å². The fourth-order valence-electron chi connectivity index (χ4n) is 3.56. The van der Waals surface area contributed by atoms with Crippen LogP contribution in [-0.4, -0.2) is 47.0 Å². The van der Waals surface area contributed by atoms with E-state index in [0.717, 1.165) is 49.3 Å². The van der Waals surface area contributed by atoms with Crippen LogP contribution in [0.4, 0.5) is 5.82 Å². The molecule has 1 saturated carbocycles. The van der Waals surface area contributed by atoms with Gasteiger partial charge in [-0.1, -0.05) is 19.8 Å². The van der Waals surface area contributed by atoms with Gasteiger partial charge in [0.05, 0.1) is 6.54 Å². The molecule has 1 aliphatic carbocycles. The molecule has 5 heteroatoms. The van der Waals surface area contributed by atoms with E-state index in [4.69, 9.17) is 0 Å². The Hall–Kier alpha value is -1.65. The van der Waals surface area contributed by atoms with Gasteiger partial charge in [0.25, 0.3) is 0 Å². The van der Waals surface area contributed by atoms with Crippen molar-refractivity contribution in [3.63, 3.8) is 0 Å². The summed E-state index contributed by atoms with van der Waals surface area (Å²) in [5, 5.41) is 0. The van der Waals surface area contributed by atoms with Crippen molar-refractivity contribution < 1.29 is 4.79 Å². The van der Waals surface area contributed by atoms with Crippen molar-refractivity contribution in [3.05, 3.63) is 17.6 Å². The zero-order valence-corrected chi connectivity index (χ0v) is 13.7. The van der Waals surface area contributed by atoms with E-state index in [9.17, 15) is 4.79 Å². The molecule has 2 heterocycles. The molecule has 120 valence electrons. The fraction of sp³-hybridized carbons (Fsp3) is 0.706. The predicted octanol–water partition coefficient (Wildman–Crippen LogP) is 2.19. The molecule has 0 N–H and O–H groups in total. The van der Waals surface area contributed by atoms with Crippen LogP contribution < -0.4 is 4.90 Å². The van der Waals surface area contributed by atoms with Crippen LogP contribution in [0.15, 0.2) is 6.07 Å². The van der Waals surface area contributed by atoms with Crippen LogP contribution in [0, 0.1) is 12.8 Å². The van der Waals surface area contributed by atoms with Crippen molar-refractivity contribution in [1.82, 2.24) is 14.9 Å². The van der Waals surface area contributed by atoms with Crippen LogP contribution in [0.1, 0.15) is 44.1 Å². The van der Waals surface area contributed by atoms with Crippen molar-refractivity contribution in [2.45, 2.75) is 46.0 Å². The Balaban J connectivity index is 1.64. The van der Waals surface area contributed by atoms with Crippen LogP contribution in [-0.2, 0) is 11.2 Å². The summed E-state index contributed by atoms with van der Waals surface area (Å²) in [6.07, 6.45) is 6.14. The summed E-state index contributed by atoms with van der Waals surface area (Å²) in [5.41, 5.74) is 1.04. The van der Waals surface area contributed by atoms with Crippen molar-refractivity contribution in [3.8, 4) is 0 Å². The number of carbonyl (C=O) groups is 1. The van der Waals surface area contributed by atoms with Crippen LogP contribution in [0.5, 0.6) is 0 Å². The molecule has 0 unspecified atom stereocenters. The molecule has 22 heavy (non-hydrogen) atoms. The molecule has 0 atom stereocenters. The van der Waals surface area contributed by atoms with Crippen molar-refractivity contribution in [1.29, 1.82) is 0 Å². The number of piperazine rings is 1. The molecular formula is C17H26N4O. The van der Waals surface area contributed by atoms with Crippen molar-refractivity contribution >= 4 is 11.7 Å². The Bertz CT molecular complexity index is 539. The summed E-state index contributed by atoms with van der Waals surface area (Å²) in [7, 11) is 0. The number of rotatable bonds is 4. The third kappa shape index (κ3) is 3.39. The number of carbonyl (C=O) groups excluding carboxylic acids is 1. The molecule has 1 aromatic rings. The first-order valence-corrected chi connectivity index (χ1v) is 8.53. The summed E-state index contributed by atoms with van der Waals surface area (Å²) in [4.78, 5) is 25.5. The smallest absolute Gasteiger partial charge is 0.242 e. The van der Waals surface area contributed by atoms with Crippen LogP contribution in [0.25, 0.3) is 0 Å². The third-order valence-electron chi connectivity index (χ3n) is 4.84. The van der Waals surface area contributed by atoms with Gasteiger partial charge >= 0.3 is 0 Å². The van der Waals surface area contributed by atoms with Gasteiger partial charge in [0, 0.05) is 31.4 Å². The Morgan fingerprint density at radius 1 is 1.23 bits per heavy atom. The summed E-state index contributed by atoms with van der Waals surface area (Å²) in [6, 6.07) is 2.02. The van der Waals surface area contributed by atoms with E-state index in [1.165, 1.54) is 25.7 Å². The predicted molar refractivity (Wildman–Crippen MR) is 86.9 cm³/mol. The summed E-state index contributed by atoms with van der Waals surface area (Å²) < 4.78 is 0. The molecule has 0 radical (unpaired) electrons. The molecule has 1 saturated heterocycles. The normalized spacial score (nSPS) is 20.0. The fourth-order valence-corrected chi connectivity index (χ4v) is 3.56. The zero-order chi connectivity index (χ0) is 15.5. The number of aromatic nitrogens is 2. The minimum Gasteiger partial charge on any atom is -0.345 e. The molecule has 2 fully saturated rings. The maximum absolute atomic E-state index is 12.4. The van der Waals surface area contributed by atoms with Gasteiger partial charge in [-0.05, 0) is 32.1 Å². The summed E-state index contributed by atoms with van der Waals surface area (Å²) >= 11 is 0. The highest BCUT2D eigenvalue weighted by molar-refractivity contribution is 5.82. The average molecular weight is 302 g/mol. The molecule has 0 aromatic carbocycles. The van der Waals surface area contributed by atoms with Gasteiger partial charge in [0.1, 0.15) is 11.6 Å². The van der Waals surface area contributed by atoms with Gasteiger partial charge < -0.3 is 9.80 Å². The zero-order valence-electron chi connectivity index (χ0n) is 13.7. The molecule has 1 aliphatic heterocycles. The van der Waals surface area contributed by atoms with E-state index in [0.29, 0.717) is 6.54 Å². The van der Waals surface area contributed by atoms with Crippen molar-refractivity contribution in [2.24, 2.45) is 5.92 Å². The Labute approximate surface area is 132 Å². The number of aryl methyl sites for hydroxylation is 2. The lowest BCUT2D eigenvalue weighted by atomic mass is 10.1. The molecule has 0 spiro atoms. The first-order valence-electron chi connectivity index (χ1n) is 8.53.